The molecule has 0 radical (unpaired) electrons. The Hall–Kier alpha value is -2.81. The van der Waals surface area contributed by atoms with Crippen LogP contribution in [0.2, 0.25) is 0 Å². The molecule has 1 fully saturated rings. The Morgan fingerprint density at radius 2 is 1.78 bits per heavy atom. The highest BCUT2D eigenvalue weighted by Crippen LogP contribution is 2.26. The minimum Gasteiger partial charge on any atom is -0.496 e. The van der Waals surface area contributed by atoms with Crippen LogP contribution in [0.1, 0.15) is 17.4 Å². The van der Waals surface area contributed by atoms with Crippen LogP contribution in [0, 0.1) is 6.92 Å². The van der Waals surface area contributed by atoms with Crippen LogP contribution in [0.25, 0.3) is 0 Å². The third kappa shape index (κ3) is 4.98. The van der Waals surface area contributed by atoms with E-state index in [1.54, 1.807) is 31.6 Å². The number of anilines is 1. The molecule has 0 unspecified atom stereocenters. The normalized spacial score (nSPS) is 16.1. The van der Waals surface area contributed by atoms with E-state index in [0.717, 1.165) is 37.5 Å². The average Bonchev–Trinajstić information content (AvgIpc) is 3.35. The van der Waals surface area contributed by atoms with Crippen LogP contribution in [-0.2, 0) is 10.0 Å². The van der Waals surface area contributed by atoms with Gasteiger partial charge in [0.2, 0.25) is 10.0 Å². The summed E-state index contributed by atoms with van der Waals surface area (Å²) in [6.07, 6.45) is 1.63. The highest BCUT2D eigenvalue weighted by molar-refractivity contribution is 7.89. The SMILES string of the molecule is COc1ccc(S(=O)(=O)NC[C@@H](c2ccco2)N2CCN(c3ccccc3)CC2)cc1C. The maximum atomic E-state index is 13.0. The van der Waals surface area contributed by atoms with Gasteiger partial charge in [0.05, 0.1) is 24.3 Å². The number of furan rings is 1. The molecule has 32 heavy (non-hydrogen) atoms. The minimum absolute atomic E-state index is 0.183. The quantitative estimate of drug-likeness (QED) is 0.561. The summed E-state index contributed by atoms with van der Waals surface area (Å²) in [7, 11) is -2.10. The summed E-state index contributed by atoms with van der Waals surface area (Å²) in [4.78, 5) is 4.85. The van der Waals surface area contributed by atoms with Gasteiger partial charge in [-0.25, -0.2) is 13.1 Å². The highest BCUT2D eigenvalue weighted by Gasteiger charge is 2.28. The van der Waals surface area contributed by atoms with Gasteiger partial charge in [0.1, 0.15) is 11.5 Å². The molecule has 4 rings (SSSR count). The summed E-state index contributed by atoms with van der Waals surface area (Å²) in [6, 6.07) is 18.8. The summed E-state index contributed by atoms with van der Waals surface area (Å²) in [5, 5.41) is 0. The van der Waals surface area contributed by atoms with Gasteiger partial charge < -0.3 is 14.1 Å². The van der Waals surface area contributed by atoms with Gasteiger partial charge in [0.15, 0.2) is 0 Å². The molecule has 0 bridgehead atoms. The molecular formula is C24H29N3O4S. The van der Waals surface area contributed by atoms with Gasteiger partial charge in [-0.3, -0.25) is 4.90 Å². The van der Waals surface area contributed by atoms with Crippen LogP contribution >= 0.6 is 0 Å². The molecule has 2 heterocycles. The molecule has 7 nitrogen and oxygen atoms in total. The number of sulfonamides is 1. The number of nitrogens with zero attached hydrogens (tertiary/aromatic N) is 2. The molecule has 1 aromatic heterocycles. The first-order valence-corrected chi connectivity index (χ1v) is 12.2. The van der Waals surface area contributed by atoms with Gasteiger partial charge in [0, 0.05) is 38.4 Å². The summed E-state index contributed by atoms with van der Waals surface area (Å²) in [6.45, 7) is 5.41. The van der Waals surface area contributed by atoms with Gasteiger partial charge >= 0.3 is 0 Å². The largest absolute Gasteiger partial charge is 0.496 e. The number of benzene rings is 2. The van der Waals surface area contributed by atoms with E-state index in [2.05, 4.69) is 26.7 Å². The van der Waals surface area contributed by atoms with Gasteiger partial charge in [-0.05, 0) is 55.0 Å². The molecule has 3 aromatic rings. The molecule has 0 amide bonds. The first kappa shape index (κ1) is 22.4. The number of nitrogens with one attached hydrogen (secondary N) is 1. The summed E-state index contributed by atoms with van der Waals surface area (Å²) >= 11 is 0. The first-order chi connectivity index (χ1) is 15.5. The Bertz CT molecular complexity index is 1110. The Labute approximate surface area is 189 Å². The predicted octanol–water partition coefficient (Wildman–Crippen LogP) is 3.44. The molecule has 2 aromatic carbocycles. The topological polar surface area (TPSA) is 75.0 Å². The fraction of sp³-hybridized carbons (Fsp3) is 0.333. The molecule has 0 saturated carbocycles. The van der Waals surface area contributed by atoms with E-state index in [0.29, 0.717) is 5.75 Å². The van der Waals surface area contributed by atoms with Crippen molar-refractivity contribution in [2.75, 3.05) is 44.7 Å². The third-order valence-corrected chi connectivity index (χ3v) is 7.31. The number of rotatable bonds is 8. The van der Waals surface area contributed by atoms with Crippen LogP contribution in [-0.4, -0.2) is 53.2 Å². The Kier molecular flexibility index (Phi) is 6.83. The molecule has 0 spiro atoms. The number of para-hydroxylation sites is 1. The van der Waals surface area contributed by atoms with Crippen LogP contribution in [0.4, 0.5) is 5.69 Å². The maximum Gasteiger partial charge on any atom is 0.240 e. The Morgan fingerprint density at radius 3 is 2.41 bits per heavy atom. The van der Waals surface area contributed by atoms with Crippen molar-refractivity contribution in [2.45, 2.75) is 17.9 Å². The molecule has 8 heteroatoms. The lowest BCUT2D eigenvalue weighted by molar-refractivity contribution is 0.166. The number of ether oxygens (including phenoxy) is 1. The number of hydrogen-bond donors (Lipinski definition) is 1. The van der Waals surface area contributed by atoms with Crippen molar-refractivity contribution in [2.24, 2.45) is 0 Å². The number of piperazine rings is 1. The van der Waals surface area contributed by atoms with E-state index in [4.69, 9.17) is 9.15 Å². The molecular weight excluding hydrogens is 426 g/mol. The number of aryl methyl sites for hydroxylation is 1. The fourth-order valence-electron chi connectivity index (χ4n) is 4.11. The Balaban J connectivity index is 1.46. The van der Waals surface area contributed by atoms with Gasteiger partial charge in [0.25, 0.3) is 0 Å². The molecule has 0 aliphatic carbocycles. The zero-order valence-electron chi connectivity index (χ0n) is 18.4. The van der Waals surface area contributed by atoms with Crippen molar-refractivity contribution in [1.82, 2.24) is 9.62 Å². The Morgan fingerprint density at radius 1 is 1.03 bits per heavy atom. The van der Waals surface area contributed by atoms with E-state index < -0.39 is 10.0 Å². The van der Waals surface area contributed by atoms with Crippen molar-refractivity contribution >= 4 is 15.7 Å². The van der Waals surface area contributed by atoms with E-state index >= 15 is 0 Å². The highest BCUT2D eigenvalue weighted by atomic mass is 32.2. The summed E-state index contributed by atoms with van der Waals surface area (Å²) in [5.74, 6) is 1.42. The van der Waals surface area contributed by atoms with Crippen LogP contribution in [0.3, 0.4) is 0 Å². The molecule has 1 saturated heterocycles. The van der Waals surface area contributed by atoms with Crippen molar-refractivity contribution in [3.05, 3.63) is 78.3 Å². The number of methoxy groups -OCH3 is 1. The minimum atomic E-state index is -3.67. The van der Waals surface area contributed by atoms with Gasteiger partial charge in [-0.1, -0.05) is 18.2 Å². The van der Waals surface area contributed by atoms with E-state index in [1.165, 1.54) is 5.69 Å². The zero-order valence-corrected chi connectivity index (χ0v) is 19.2. The molecule has 1 N–H and O–H groups in total. The molecule has 170 valence electrons. The summed E-state index contributed by atoms with van der Waals surface area (Å²) < 4.78 is 39.6. The maximum absolute atomic E-state index is 13.0. The summed E-state index contributed by atoms with van der Waals surface area (Å²) in [5.41, 5.74) is 1.98. The zero-order chi connectivity index (χ0) is 22.6. The second-order valence-corrected chi connectivity index (χ2v) is 9.64. The third-order valence-electron chi connectivity index (χ3n) is 5.89. The van der Waals surface area contributed by atoms with Crippen molar-refractivity contribution in [3.63, 3.8) is 0 Å². The smallest absolute Gasteiger partial charge is 0.240 e. The van der Waals surface area contributed by atoms with E-state index in [1.807, 2.05) is 37.3 Å². The second kappa shape index (κ2) is 9.77. The van der Waals surface area contributed by atoms with E-state index in [-0.39, 0.29) is 17.5 Å². The monoisotopic (exact) mass is 455 g/mol. The molecule has 1 aliphatic rings. The lowest BCUT2D eigenvalue weighted by atomic mass is 10.1. The van der Waals surface area contributed by atoms with Crippen LogP contribution < -0.4 is 14.4 Å². The first-order valence-electron chi connectivity index (χ1n) is 10.7. The van der Waals surface area contributed by atoms with Crippen LogP contribution in [0.5, 0.6) is 5.75 Å². The average molecular weight is 456 g/mol. The standard InChI is InChI=1S/C24H29N3O4S/c1-19-17-21(10-11-23(19)30-2)32(28,29)25-18-22(24-9-6-16-31-24)27-14-12-26(13-15-27)20-7-4-3-5-8-20/h3-11,16-17,22,25H,12-15,18H2,1-2H3/t22-/m0/s1. The predicted molar refractivity (Wildman–Crippen MR) is 125 cm³/mol. The van der Waals surface area contributed by atoms with Gasteiger partial charge in [-0.15, -0.1) is 0 Å². The van der Waals surface area contributed by atoms with Crippen molar-refractivity contribution in [3.8, 4) is 5.75 Å². The van der Waals surface area contributed by atoms with E-state index in [9.17, 15) is 8.42 Å². The lowest BCUT2D eigenvalue weighted by Crippen LogP contribution is -2.49. The van der Waals surface area contributed by atoms with Crippen molar-refractivity contribution < 1.29 is 17.6 Å². The second-order valence-electron chi connectivity index (χ2n) is 7.87. The van der Waals surface area contributed by atoms with Gasteiger partial charge in [-0.2, -0.15) is 0 Å². The van der Waals surface area contributed by atoms with Crippen molar-refractivity contribution in [1.29, 1.82) is 0 Å². The molecule has 1 atom stereocenters. The molecule has 1 aliphatic heterocycles. The fourth-order valence-corrected chi connectivity index (χ4v) is 5.23. The number of hydrogen-bond acceptors (Lipinski definition) is 6. The van der Waals surface area contributed by atoms with Crippen LogP contribution in [0.15, 0.2) is 76.2 Å². The lowest BCUT2D eigenvalue weighted by Gasteiger charge is -2.39.